The molecule has 0 radical (unpaired) electrons. The number of unbranched alkanes of at least 4 members (excludes halogenated alkanes) is 12. The fourth-order valence-electron chi connectivity index (χ4n) is 5.79. The molecule has 3 nitrogen and oxygen atoms in total. The molecule has 0 N–H and O–H groups in total. The van der Waals surface area contributed by atoms with Crippen molar-refractivity contribution in [2.24, 2.45) is 23.7 Å². The van der Waals surface area contributed by atoms with Crippen LogP contribution in [0, 0.1) is 23.7 Å². The molecule has 0 aromatic rings. The highest BCUT2D eigenvalue weighted by atomic mass is 31.1. The third-order valence-corrected chi connectivity index (χ3v) is 9.71. The van der Waals surface area contributed by atoms with Crippen LogP contribution < -0.4 is 0 Å². The zero-order valence-corrected chi connectivity index (χ0v) is 30.4. The standard InChI is InChI=1S/C38H76O3P/c1-7-8-9-10-11-12-13-14-15-16-17-18-19-20-21-22-33-40-42(39)41-34-32-38(6)31-25-30-37(5)29-24-28-36(4)27-23-26-35(2)3/h14-15,35-38H,7-13,16-34H2,1-6H3/q+1/b15-14-/t36-,37-,38?/m0/s1. The minimum absolute atomic E-state index is 0.550. The van der Waals surface area contributed by atoms with Crippen molar-refractivity contribution in [3.63, 3.8) is 0 Å². The smallest absolute Gasteiger partial charge is 0.119 e. The zero-order valence-electron chi connectivity index (χ0n) is 29.5. The molecule has 250 valence electrons. The van der Waals surface area contributed by atoms with Gasteiger partial charge in [-0.05, 0) is 62.2 Å². The summed E-state index contributed by atoms with van der Waals surface area (Å²) in [6.45, 7) is 15.2. The summed E-state index contributed by atoms with van der Waals surface area (Å²) < 4.78 is 22.9. The van der Waals surface area contributed by atoms with E-state index in [1.54, 1.807) is 0 Å². The van der Waals surface area contributed by atoms with E-state index in [9.17, 15) is 4.57 Å². The van der Waals surface area contributed by atoms with Crippen LogP contribution in [0.2, 0.25) is 0 Å². The Hall–Kier alpha value is -0.240. The normalized spacial score (nSPS) is 14.6. The predicted octanol–water partition coefficient (Wildman–Crippen LogP) is 14.2. The second-order valence-electron chi connectivity index (χ2n) is 14.1. The highest BCUT2D eigenvalue weighted by Gasteiger charge is 2.20. The Balaban J connectivity index is 3.46. The van der Waals surface area contributed by atoms with Crippen LogP contribution in [0.25, 0.3) is 0 Å². The summed E-state index contributed by atoms with van der Waals surface area (Å²) in [5.41, 5.74) is 0. The molecule has 0 spiro atoms. The molecule has 0 saturated carbocycles. The van der Waals surface area contributed by atoms with Gasteiger partial charge in [0, 0.05) is 4.57 Å². The lowest BCUT2D eigenvalue weighted by Gasteiger charge is -2.16. The Labute approximate surface area is 266 Å². The molecule has 2 unspecified atom stereocenters. The number of rotatable bonds is 33. The number of hydrogen-bond donors (Lipinski definition) is 0. The Morgan fingerprint density at radius 2 is 0.881 bits per heavy atom. The zero-order chi connectivity index (χ0) is 31.1. The van der Waals surface area contributed by atoms with Gasteiger partial charge in [-0.25, -0.2) is 0 Å². The van der Waals surface area contributed by atoms with E-state index in [0.717, 1.165) is 37.0 Å². The summed E-state index contributed by atoms with van der Waals surface area (Å²) in [6, 6.07) is 0. The Morgan fingerprint density at radius 1 is 0.476 bits per heavy atom. The van der Waals surface area contributed by atoms with Gasteiger partial charge in [0.1, 0.15) is 13.2 Å². The molecule has 0 aromatic carbocycles. The van der Waals surface area contributed by atoms with E-state index in [0.29, 0.717) is 19.1 Å². The first-order valence-corrected chi connectivity index (χ1v) is 19.8. The second kappa shape index (κ2) is 32.2. The SMILES string of the molecule is CCCCCCCC/C=C\CCCCCCCCO[P+](=O)OCCC(C)CCC[C@@H](C)CCC[C@@H](C)CCCC(C)C. The minimum atomic E-state index is -1.96. The van der Waals surface area contributed by atoms with E-state index in [-0.39, 0.29) is 0 Å². The molecule has 0 amide bonds. The summed E-state index contributed by atoms with van der Waals surface area (Å²) in [7, 11) is -1.96. The van der Waals surface area contributed by atoms with Gasteiger partial charge in [0.15, 0.2) is 0 Å². The van der Waals surface area contributed by atoms with Gasteiger partial charge in [-0.15, -0.1) is 9.05 Å². The molecule has 0 saturated heterocycles. The Morgan fingerprint density at radius 3 is 1.38 bits per heavy atom. The molecule has 4 atom stereocenters. The first-order valence-electron chi connectivity index (χ1n) is 18.7. The molecule has 0 aliphatic heterocycles. The molecular formula is C38H76O3P+. The first-order chi connectivity index (χ1) is 20.3. The van der Waals surface area contributed by atoms with Crippen molar-refractivity contribution < 1.29 is 13.6 Å². The summed E-state index contributed by atoms with van der Waals surface area (Å²) in [5, 5.41) is 0. The van der Waals surface area contributed by atoms with Crippen LogP contribution in [-0.4, -0.2) is 13.2 Å². The summed E-state index contributed by atoms with van der Waals surface area (Å²) in [4.78, 5) is 0. The highest BCUT2D eigenvalue weighted by molar-refractivity contribution is 7.33. The fraction of sp³-hybridized carbons (Fsp3) is 0.947. The van der Waals surface area contributed by atoms with Crippen molar-refractivity contribution in [2.45, 2.75) is 196 Å². The van der Waals surface area contributed by atoms with Gasteiger partial charge in [-0.2, -0.15) is 0 Å². The van der Waals surface area contributed by atoms with E-state index in [1.807, 2.05) is 0 Å². The lowest BCUT2D eigenvalue weighted by Crippen LogP contribution is -2.03. The van der Waals surface area contributed by atoms with Crippen LogP contribution in [0.3, 0.4) is 0 Å². The van der Waals surface area contributed by atoms with Crippen LogP contribution in [-0.2, 0) is 13.6 Å². The van der Waals surface area contributed by atoms with Crippen molar-refractivity contribution in [3.05, 3.63) is 12.2 Å². The molecule has 4 heteroatoms. The van der Waals surface area contributed by atoms with Gasteiger partial charge in [0.2, 0.25) is 0 Å². The number of allylic oxidation sites excluding steroid dienone is 2. The summed E-state index contributed by atoms with van der Waals surface area (Å²) in [5.74, 6) is 3.19. The molecular weight excluding hydrogens is 535 g/mol. The average Bonchev–Trinajstić information content (AvgIpc) is 2.94. The van der Waals surface area contributed by atoms with Crippen LogP contribution >= 0.6 is 8.25 Å². The van der Waals surface area contributed by atoms with Crippen molar-refractivity contribution in [1.82, 2.24) is 0 Å². The van der Waals surface area contributed by atoms with E-state index >= 15 is 0 Å². The third-order valence-electron chi connectivity index (χ3n) is 8.93. The average molecular weight is 612 g/mol. The van der Waals surface area contributed by atoms with Gasteiger partial charge < -0.3 is 0 Å². The Bertz CT molecular complexity index is 591. The fourth-order valence-corrected chi connectivity index (χ4v) is 6.40. The Kier molecular flexibility index (Phi) is 32.0. The van der Waals surface area contributed by atoms with Crippen LogP contribution in [0.4, 0.5) is 0 Å². The lowest BCUT2D eigenvalue weighted by molar-refractivity contribution is 0.209. The summed E-state index contributed by atoms with van der Waals surface area (Å²) in [6.07, 6.45) is 36.1. The largest absolute Gasteiger partial charge is 0.697 e. The summed E-state index contributed by atoms with van der Waals surface area (Å²) >= 11 is 0. The van der Waals surface area contributed by atoms with E-state index in [2.05, 4.69) is 53.7 Å². The second-order valence-corrected chi connectivity index (χ2v) is 15.1. The van der Waals surface area contributed by atoms with Gasteiger partial charge in [0.05, 0.1) is 0 Å². The van der Waals surface area contributed by atoms with Crippen molar-refractivity contribution >= 4 is 8.25 Å². The van der Waals surface area contributed by atoms with Crippen LogP contribution in [0.1, 0.15) is 196 Å². The lowest BCUT2D eigenvalue weighted by atomic mass is 9.91. The maximum absolute atomic E-state index is 12.0. The van der Waals surface area contributed by atoms with Gasteiger partial charge in [-0.1, -0.05) is 169 Å². The monoisotopic (exact) mass is 612 g/mol. The van der Waals surface area contributed by atoms with E-state index in [1.165, 1.54) is 135 Å². The molecule has 0 aliphatic carbocycles. The molecule has 0 aromatic heterocycles. The predicted molar refractivity (Wildman–Crippen MR) is 187 cm³/mol. The van der Waals surface area contributed by atoms with E-state index in [4.69, 9.17) is 9.05 Å². The maximum atomic E-state index is 12.0. The van der Waals surface area contributed by atoms with Gasteiger partial charge >= 0.3 is 8.25 Å². The van der Waals surface area contributed by atoms with Crippen molar-refractivity contribution in [3.8, 4) is 0 Å². The molecule has 42 heavy (non-hydrogen) atoms. The van der Waals surface area contributed by atoms with Gasteiger partial charge in [0.25, 0.3) is 0 Å². The molecule has 0 fully saturated rings. The van der Waals surface area contributed by atoms with Gasteiger partial charge in [-0.3, -0.25) is 0 Å². The first kappa shape index (κ1) is 41.8. The molecule has 0 aliphatic rings. The van der Waals surface area contributed by atoms with E-state index < -0.39 is 8.25 Å². The van der Waals surface area contributed by atoms with Crippen LogP contribution in [0.15, 0.2) is 12.2 Å². The third kappa shape index (κ3) is 32.7. The van der Waals surface area contributed by atoms with Crippen LogP contribution in [0.5, 0.6) is 0 Å². The maximum Gasteiger partial charge on any atom is 0.697 e. The molecule has 0 rings (SSSR count). The quantitative estimate of drug-likeness (QED) is 0.0421. The molecule has 0 heterocycles. The number of hydrogen-bond acceptors (Lipinski definition) is 3. The van der Waals surface area contributed by atoms with Crippen molar-refractivity contribution in [1.29, 1.82) is 0 Å². The highest BCUT2D eigenvalue weighted by Crippen LogP contribution is 2.27. The minimum Gasteiger partial charge on any atom is -0.119 e. The molecule has 0 bridgehead atoms. The van der Waals surface area contributed by atoms with Crippen molar-refractivity contribution in [2.75, 3.05) is 13.2 Å². The topological polar surface area (TPSA) is 35.5 Å².